The van der Waals surface area contributed by atoms with Crippen LogP contribution in [0.3, 0.4) is 0 Å². The predicted octanol–water partition coefficient (Wildman–Crippen LogP) is 4.16. The quantitative estimate of drug-likeness (QED) is 0.620. The van der Waals surface area contributed by atoms with Crippen LogP contribution in [0.1, 0.15) is 28.4 Å². The van der Waals surface area contributed by atoms with Gasteiger partial charge in [0.1, 0.15) is 6.17 Å². The monoisotopic (exact) mass is 517 g/mol. The van der Waals surface area contributed by atoms with Crippen molar-refractivity contribution in [3.8, 4) is 0 Å². The Labute approximate surface area is 192 Å². The number of piperidine rings is 1. The van der Waals surface area contributed by atoms with Crippen molar-refractivity contribution in [2.75, 3.05) is 13.1 Å². The molecule has 2 aromatic rings. The highest BCUT2D eigenvalue weighted by Crippen LogP contribution is 2.40. The van der Waals surface area contributed by atoms with E-state index in [2.05, 4.69) is 21.2 Å². The van der Waals surface area contributed by atoms with Crippen molar-refractivity contribution >= 4 is 56.6 Å². The van der Waals surface area contributed by atoms with Gasteiger partial charge in [0.25, 0.3) is 11.5 Å². The zero-order chi connectivity index (χ0) is 20.8. The van der Waals surface area contributed by atoms with Gasteiger partial charge in [-0.25, -0.2) is 0 Å². The van der Waals surface area contributed by atoms with Gasteiger partial charge in [-0.15, -0.1) is 0 Å². The van der Waals surface area contributed by atoms with Crippen LogP contribution in [0.4, 0.5) is 0 Å². The molecule has 0 aliphatic carbocycles. The highest BCUT2D eigenvalue weighted by atomic mass is 79.9. The van der Waals surface area contributed by atoms with Gasteiger partial charge in [0.05, 0.1) is 0 Å². The predicted molar refractivity (Wildman–Crippen MR) is 119 cm³/mol. The van der Waals surface area contributed by atoms with E-state index < -0.39 is 9.96 Å². The van der Waals surface area contributed by atoms with E-state index in [1.807, 2.05) is 15.5 Å². The molecule has 1 saturated heterocycles. The Kier molecular flexibility index (Phi) is 6.02. The zero-order valence-electron chi connectivity index (χ0n) is 15.3. The Bertz CT molecular complexity index is 974. The third-order valence-corrected chi connectivity index (χ3v) is 6.71. The molecule has 5 nitrogen and oxygen atoms in total. The molecule has 154 valence electrons. The van der Waals surface area contributed by atoms with Crippen LogP contribution in [0.5, 0.6) is 0 Å². The third-order valence-electron chi connectivity index (χ3n) is 5.56. The number of hydrogen-bond donors (Lipinski definition) is 1. The van der Waals surface area contributed by atoms with Gasteiger partial charge >= 0.3 is 0 Å². The second kappa shape index (κ2) is 8.23. The summed E-state index contributed by atoms with van der Waals surface area (Å²) >= 11 is 22.2. The van der Waals surface area contributed by atoms with Crippen LogP contribution in [0.25, 0.3) is 0 Å². The summed E-state index contributed by atoms with van der Waals surface area (Å²) < 4.78 is 1.03. The number of rotatable bonds is 3. The summed E-state index contributed by atoms with van der Waals surface area (Å²) in [6.45, 7) is 1.87. The molecule has 9 heteroatoms. The fourth-order valence-electron chi connectivity index (χ4n) is 4.33. The molecule has 3 atom stereocenters. The first-order chi connectivity index (χ1) is 13.7. The first-order valence-corrected chi connectivity index (χ1v) is 11.2. The van der Waals surface area contributed by atoms with Gasteiger partial charge in [-0.3, -0.25) is 14.5 Å². The Morgan fingerprint density at radius 2 is 1.83 bits per heavy atom. The number of carbonyl (C=O) groups is 1. The number of hydrogen-bond acceptors (Lipinski definition) is 3. The molecule has 2 aliphatic heterocycles. The summed E-state index contributed by atoms with van der Waals surface area (Å²) in [4.78, 5) is 27.0. The fraction of sp³-hybridized carbons (Fsp3) is 0.400. The molecular weight excluding hydrogens is 501 g/mol. The van der Waals surface area contributed by atoms with Crippen LogP contribution >= 0.6 is 50.7 Å². The number of nitrogens with zero attached hydrogens (tertiary/aromatic N) is 2. The van der Waals surface area contributed by atoms with Crippen molar-refractivity contribution in [3.63, 3.8) is 0 Å². The minimum Gasteiger partial charge on any atom is -0.332 e. The Morgan fingerprint density at radius 3 is 2.52 bits per heavy atom. The van der Waals surface area contributed by atoms with E-state index in [0.29, 0.717) is 25.2 Å². The molecule has 4 rings (SSSR count). The van der Waals surface area contributed by atoms with Crippen LogP contribution < -0.4 is 10.9 Å². The maximum atomic E-state index is 12.8. The lowest BCUT2D eigenvalue weighted by atomic mass is 9.83. The third kappa shape index (κ3) is 4.52. The molecule has 0 spiro atoms. The van der Waals surface area contributed by atoms with Crippen LogP contribution in [-0.4, -0.2) is 38.4 Å². The zero-order valence-corrected chi connectivity index (χ0v) is 19.2. The lowest BCUT2D eigenvalue weighted by Crippen LogP contribution is -2.60. The summed E-state index contributed by atoms with van der Waals surface area (Å²) in [5.41, 5.74) is 1.51. The molecule has 1 aromatic heterocycles. The average molecular weight is 520 g/mol. The molecule has 3 heterocycles. The Hall–Kier alpha value is -1.05. The number of benzene rings is 1. The normalized spacial score (nSPS) is 22.6. The molecule has 29 heavy (non-hydrogen) atoms. The Balaban J connectivity index is 1.58. The largest absolute Gasteiger partial charge is 0.332 e. The molecule has 2 unspecified atom stereocenters. The number of amides is 1. The van der Waals surface area contributed by atoms with Gasteiger partial charge in [-0.1, -0.05) is 56.8 Å². The second-order valence-corrected chi connectivity index (χ2v) is 10.9. The van der Waals surface area contributed by atoms with Gasteiger partial charge in [0, 0.05) is 47.3 Å². The minimum atomic E-state index is -1.70. The molecule has 0 radical (unpaired) electrons. The summed E-state index contributed by atoms with van der Waals surface area (Å²) in [6, 6.07) is 12.4. The van der Waals surface area contributed by atoms with E-state index in [9.17, 15) is 9.59 Å². The van der Waals surface area contributed by atoms with Crippen molar-refractivity contribution in [2.24, 2.45) is 5.92 Å². The number of nitrogens with one attached hydrogen (secondary N) is 1. The van der Waals surface area contributed by atoms with Crippen LogP contribution in [-0.2, 0) is 6.54 Å². The number of carbonyl (C=O) groups excluding carboxylic acids is 1. The van der Waals surface area contributed by atoms with Crippen molar-refractivity contribution < 1.29 is 4.79 Å². The summed E-state index contributed by atoms with van der Waals surface area (Å²) in [5.74, 6) is 0.0952. The summed E-state index contributed by atoms with van der Waals surface area (Å²) in [7, 11) is 0. The number of pyridine rings is 1. The molecule has 2 aliphatic rings. The van der Waals surface area contributed by atoms with Crippen LogP contribution in [0, 0.1) is 5.92 Å². The minimum absolute atomic E-state index is 0.0205. The lowest BCUT2D eigenvalue weighted by molar-refractivity contribution is 0.0586. The van der Waals surface area contributed by atoms with Crippen molar-refractivity contribution in [1.82, 2.24) is 14.8 Å². The van der Waals surface area contributed by atoms with Crippen LogP contribution in [0.15, 0.2) is 51.7 Å². The topological polar surface area (TPSA) is 54.3 Å². The molecule has 1 aromatic carbocycles. The summed E-state index contributed by atoms with van der Waals surface area (Å²) in [5, 5.41) is 2.89. The maximum absolute atomic E-state index is 12.8. The highest BCUT2D eigenvalue weighted by Gasteiger charge is 2.44. The highest BCUT2D eigenvalue weighted by molar-refractivity contribution is 9.10. The smallest absolute Gasteiger partial charge is 0.252 e. The fourth-order valence-corrected chi connectivity index (χ4v) is 5.18. The van der Waals surface area contributed by atoms with E-state index in [0.717, 1.165) is 16.6 Å². The van der Waals surface area contributed by atoms with Gasteiger partial charge in [0.15, 0.2) is 0 Å². The summed E-state index contributed by atoms with van der Waals surface area (Å²) in [6.07, 6.45) is 0.198. The standard InChI is InChI=1S/C20H19BrCl3N3O2/c21-15-6-4-13(5-7-15)18(29)25-19(20(22,23)24)26-9-12-8-14(11-26)16-2-1-3-17(28)27(16)10-12/h1-7,12,14,19H,8-11H2,(H,25,29)/t12?,14-,19?/m0/s1. The first-order valence-electron chi connectivity index (χ1n) is 9.29. The Morgan fingerprint density at radius 1 is 1.10 bits per heavy atom. The molecule has 1 amide bonds. The van der Waals surface area contributed by atoms with Crippen LogP contribution in [0.2, 0.25) is 0 Å². The first kappa shape index (κ1) is 21.2. The number of likely N-dealkylation sites (tertiary alicyclic amines) is 1. The van der Waals surface area contributed by atoms with E-state index >= 15 is 0 Å². The number of fused-ring (bicyclic) bond motifs is 4. The molecule has 0 saturated carbocycles. The van der Waals surface area contributed by atoms with E-state index in [-0.39, 0.29) is 23.3 Å². The molecule has 1 fully saturated rings. The number of alkyl halides is 3. The van der Waals surface area contributed by atoms with E-state index in [1.165, 1.54) is 0 Å². The van der Waals surface area contributed by atoms with E-state index in [4.69, 9.17) is 34.8 Å². The van der Waals surface area contributed by atoms with Gasteiger partial charge in [-0.05, 0) is 42.7 Å². The van der Waals surface area contributed by atoms with Crippen molar-refractivity contribution in [1.29, 1.82) is 0 Å². The average Bonchev–Trinajstić information content (AvgIpc) is 2.66. The molecular formula is C20H19BrCl3N3O2. The van der Waals surface area contributed by atoms with Gasteiger partial charge in [-0.2, -0.15) is 0 Å². The van der Waals surface area contributed by atoms with Crippen molar-refractivity contribution in [2.45, 2.75) is 28.8 Å². The number of aromatic nitrogens is 1. The van der Waals surface area contributed by atoms with E-state index in [1.54, 1.807) is 36.4 Å². The lowest BCUT2D eigenvalue weighted by Gasteiger charge is -2.47. The molecule has 2 bridgehead atoms. The SMILES string of the molecule is O=C(NC(N1CC2C[C@@H](C1)c1cccc(=O)n1C2)C(Cl)(Cl)Cl)c1ccc(Br)cc1. The maximum Gasteiger partial charge on any atom is 0.252 e. The molecule has 1 N–H and O–H groups in total. The second-order valence-electron chi connectivity index (χ2n) is 7.58. The number of halogens is 4. The van der Waals surface area contributed by atoms with Crippen molar-refractivity contribution in [3.05, 3.63) is 68.5 Å². The van der Waals surface area contributed by atoms with Gasteiger partial charge < -0.3 is 9.88 Å². The van der Waals surface area contributed by atoms with Gasteiger partial charge in [0.2, 0.25) is 3.79 Å².